The Balaban J connectivity index is 2.02. The maximum absolute atomic E-state index is 10.9. The second kappa shape index (κ2) is 4.60. The molecular weight excluding hydrogens is 190 g/mol. The van der Waals surface area contributed by atoms with Crippen LogP contribution in [0.15, 0.2) is 10.6 Å². The summed E-state index contributed by atoms with van der Waals surface area (Å²) in [6.45, 7) is 1.57. The van der Waals surface area contributed by atoms with Crippen LogP contribution < -0.4 is 0 Å². The Morgan fingerprint density at radius 2 is 2.20 bits per heavy atom. The van der Waals surface area contributed by atoms with Crippen LogP contribution in [0, 0.1) is 0 Å². The van der Waals surface area contributed by atoms with Crippen molar-refractivity contribution in [2.24, 2.45) is 0 Å². The minimum atomic E-state index is 0.126. The number of oxazole rings is 1. The van der Waals surface area contributed by atoms with Gasteiger partial charge in [-0.2, -0.15) is 0 Å². The number of ketones is 1. The zero-order valence-electron chi connectivity index (χ0n) is 9.16. The summed E-state index contributed by atoms with van der Waals surface area (Å²) in [4.78, 5) is 15.2. The number of carbonyl (C=O) groups excluding carboxylic acids is 1. The minimum absolute atomic E-state index is 0.126. The van der Waals surface area contributed by atoms with Gasteiger partial charge in [-0.3, -0.25) is 4.79 Å². The lowest BCUT2D eigenvalue weighted by atomic mass is 9.89. The fraction of sp³-hybridized carbons (Fsp3) is 0.667. The molecule has 3 heteroatoms. The van der Waals surface area contributed by atoms with Crippen molar-refractivity contribution < 1.29 is 9.21 Å². The van der Waals surface area contributed by atoms with Crippen LogP contribution in [0.1, 0.15) is 56.6 Å². The first-order chi connectivity index (χ1) is 7.25. The molecule has 1 aromatic rings. The van der Waals surface area contributed by atoms with Gasteiger partial charge in [0.25, 0.3) is 0 Å². The standard InChI is InChI=1S/C12H17NO2/c1-9(14)7-11-8-13-12(15-11)10-5-3-2-4-6-10/h8,10H,2-7H2,1H3. The Kier molecular flexibility index (Phi) is 3.19. The molecule has 82 valence electrons. The van der Waals surface area contributed by atoms with E-state index < -0.39 is 0 Å². The predicted molar refractivity (Wildman–Crippen MR) is 56.7 cm³/mol. The molecule has 1 saturated carbocycles. The van der Waals surface area contributed by atoms with Gasteiger partial charge in [0, 0.05) is 5.92 Å². The molecule has 0 atom stereocenters. The number of aromatic nitrogens is 1. The molecule has 3 nitrogen and oxygen atoms in total. The van der Waals surface area contributed by atoms with Crippen molar-refractivity contribution in [1.29, 1.82) is 0 Å². The Labute approximate surface area is 89.9 Å². The molecule has 1 fully saturated rings. The zero-order valence-corrected chi connectivity index (χ0v) is 9.16. The molecule has 0 aliphatic heterocycles. The van der Waals surface area contributed by atoms with Crippen LogP contribution >= 0.6 is 0 Å². The molecule has 0 unspecified atom stereocenters. The fourth-order valence-corrected chi connectivity index (χ4v) is 2.19. The van der Waals surface area contributed by atoms with Gasteiger partial charge in [-0.15, -0.1) is 0 Å². The van der Waals surface area contributed by atoms with E-state index in [1.54, 1.807) is 13.1 Å². The van der Waals surface area contributed by atoms with Crippen LogP contribution in [0.3, 0.4) is 0 Å². The van der Waals surface area contributed by atoms with Crippen LogP contribution in [0.2, 0.25) is 0 Å². The average molecular weight is 207 g/mol. The SMILES string of the molecule is CC(=O)Cc1cnc(C2CCCCC2)o1. The van der Waals surface area contributed by atoms with Crippen molar-refractivity contribution in [2.75, 3.05) is 0 Å². The summed E-state index contributed by atoms with van der Waals surface area (Å²) in [5.74, 6) is 2.16. The van der Waals surface area contributed by atoms with Gasteiger partial charge in [0.15, 0.2) is 5.89 Å². The summed E-state index contributed by atoms with van der Waals surface area (Å²) in [5.41, 5.74) is 0. The van der Waals surface area contributed by atoms with Crippen LogP contribution in [0.25, 0.3) is 0 Å². The smallest absolute Gasteiger partial charge is 0.197 e. The molecule has 0 bridgehead atoms. The highest BCUT2D eigenvalue weighted by Crippen LogP contribution is 2.32. The van der Waals surface area contributed by atoms with E-state index in [1.165, 1.54) is 32.1 Å². The molecule has 0 amide bonds. The van der Waals surface area contributed by atoms with Gasteiger partial charge < -0.3 is 4.42 Å². The third kappa shape index (κ3) is 2.67. The summed E-state index contributed by atoms with van der Waals surface area (Å²) in [6.07, 6.45) is 8.31. The highest BCUT2D eigenvalue weighted by atomic mass is 16.4. The number of rotatable bonds is 3. The molecule has 0 saturated heterocycles. The van der Waals surface area contributed by atoms with Gasteiger partial charge in [-0.05, 0) is 19.8 Å². The number of Topliss-reactive ketones (excluding diaryl/α,β-unsaturated/α-hetero) is 1. The third-order valence-electron chi connectivity index (χ3n) is 2.95. The van der Waals surface area contributed by atoms with E-state index in [-0.39, 0.29) is 5.78 Å². The molecule has 1 aromatic heterocycles. The summed E-state index contributed by atoms with van der Waals surface area (Å²) in [5, 5.41) is 0. The number of carbonyl (C=O) groups is 1. The van der Waals surface area contributed by atoms with E-state index in [2.05, 4.69) is 4.98 Å². The van der Waals surface area contributed by atoms with Gasteiger partial charge in [0.2, 0.25) is 0 Å². The minimum Gasteiger partial charge on any atom is -0.445 e. The largest absolute Gasteiger partial charge is 0.445 e. The van der Waals surface area contributed by atoms with E-state index >= 15 is 0 Å². The second-order valence-corrected chi connectivity index (χ2v) is 4.38. The first-order valence-electron chi connectivity index (χ1n) is 5.70. The van der Waals surface area contributed by atoms with Crippen LogP contribution in [0.4, 0.5) is 0 Å². The maximum Gasteiger partial charge on any atom is 0.197 e. The van der Waals surface area contributed by atoms with Crippen LogP contribution in [-0.2, 0) is 11.2 Å². The lowest BCUT2D eigenvalue weighted by Gasteiger charge is -2.17. The summed E-state index contributed by atoms with van der Waals surface area (Å²) < 4.78 is 5.60. The molecule has 0 spiro atoms. The normalized spacial score (nSPS) is 17.9. The summed E-state index contributed by atoms with van der Waals surface area (Å²) in [7, 11) is 0. The molecule has 0 aromatic carbocycles. The average Bonchev–Trinajstić information content (AvgIpc) is 2.67. The van der Waals surface area contributed by atoms with Crippen molar-refractivity contribution in [3.05, 3.63) is 17.8 Å². The fourth-order valence-electron chi connectivity index (χ4n) is 2.19. The van der Waals surface area contributed by atoms with Gasteiger partial charge in [-0.25, -0.2) is 4.98 Å². The van der Waals surface area contributed by atoms with Gasteiger partial charge in [0.1, 0.15) is 11.5 Å². The highest BCUT2D eigenvalue weighted by Gasteiger charge is 2.20. The van der Waals surface area contributed by atoms with E-state index in [9.17, 15) is 4.79 Å². The Bertz CT molecular complexity index is 337. The molecule has 1 aliphatic carbocycles. The van der Waals surface area contributed by atoms with Crippen LogP contribution in [-0.4, -0.2) is 10.8 Å². The number of hydrogen-bond acceptors (Lipinski definition) is 3. The van der Waals surface area contributed by atoms with Gasteiger partial charge in [0.05, 0.1) is 12.6 Å². The zero-order chi connectivity index (χ0) is 10.7. The van der Waals surface area contributed by atoms with E-state index in [0.717, 1.165) is 5.89 Å². The Morgan fingerprint density at radius 3 is 2.87 bits per heavy atom. The molecule has 2 rings (SSSR count). The quantitative estimate of drug-likeness (QED) is 0.765. The molecular formula is C12H17NO2. The van der Waals surface area contributed by atoms with Gasteiger partial charge >= 0.3 is 0 Å². The number of hydrogen-bond donors (Lipinski definition) is 0. The van der Waals surface area contributed by atoms with Crippen molar-refractivity contribution in [2.45, 2.75) is 51.4 Å². The first kappa shape index (κ1) is 10.4. The highest BCUT2D eigenvalue weighted by molar-refractivity contribution is 5.77. The molecule has 15 heavy (non-hydrogen) atoms. The molecule has 1 heterocycles. The summed E-state index contributed by atoms with van der Waals surface area (Å²) >= 11 is 0. The van der Waals surface area contributed by atoms with Crippen molar-refractivity contribution >= 4 is 5.78 Å². The molecule has 0 radical (unpaired) electrons. The lowest BCUT2D eigenvalue weighted by Crippen LogP contribution is -2.04. The lowest BCUT2D eigenvalue weighted by molar-refractivity contribution is -0.116. The van der Waals surface area contributed by atoms with Crippen molar-refractivity contribution in [3.8, 4) is 0 Å². The second-order valence-electron chi connectivity index (χ2n) is 4.38. The van der Waals surface area contributed by atoms with E-state index in [1.807, 2.05) is 0 Å². The van der Waals surface area contributed by atoms with E-state index in [4.69, 9.17) is 4.42 Å². The molecule has 1 aliphatic rings. The Morgan fingerprint density at radius 1 is 1.47 bits per heavy atom. The maximum atomic E-state index is 10.9. The monoisotopic (exact) mass is 207 g/mol. The Hall–Kier alpha value is -1.12. The molecule has 0 N–H and O–H groups in total. The van der Waals surface area contributed by atoms with Crippen LogP contribution in [0.5, 0.6) is 0 Å². The van der Waals surface area contributed by atoms with Gasteiger partial charge in [-0.1, -0.05) is 19.3 Å². The van der Waals surface area contributed by atoms with Crippen molar-refractivity contribution in [1.82, 2.24) is 4.98 Å². The third-order valence-corrected chi connectivity index (χ3v) is 2.95. The summed E-state index contributed by atoms with van der Waals surface area (Å²) in [6, 6.07) is 0. The first-order valence-corrected chi connectivity index (χ1v) is 5.70. The number of nitrogens with zero attached hydrogens (tertiary/aromatic N) is 1. The van der Waals surface area contributed by atoms with Crippen molar-refractivity contribution in [3.63, 3.8) is 0 Å². The predicted octanol–water partition coefficient (Wildman–Crippen LogP) is 2.85. The topological polar surface area (TPSA) is 43.1 Å². The van der Waals surface area contributed by atoms with E-state index in [0.29, 0.717) is 18.1 Å².